The number of nitrogens with one attached hydrogen (secondary N) is 1. The zero-order chi connectivity index (χ0) is 22.1. The SMILES string of the molecule is COC(=O)C1(N[C@H](CO)c2ccccc2)c2cc(Br)ccc2CC12CCC(OC)CC2. The minimum Gasteiger partial charge on any atom is -0.467 e. The van der Waals surface area contributed by atoms with Crippen molar-refractivity contribution in [3.05, 3.63) is 69.7 Å². The lowest BCUT2D eigenvalue weighted by Crippen LogP contribution is -2.61. The van der Waals surface area contributed by atoms with E-state index >= 15 is 0 Å². The zero-order valence-electron chi connectivity index (χ0n) is 18.1. The van der Waals surface area contributed by atoms with Crippen LogP contribution in [0.1, 0.15) is 48.4 Å². The molecular weight excluding hydrogens is 458 g/mol. The maximum atomic E-state index is 13.7. The Labute approximate surface area is 192 Å². The Morgan fingerprint density at radius 2 is 1.90 bits per heavy atom. The van der Waals surface area contributed by atoms with Crippen molar-refractivity contribution in [1.82, 2.24) is 5.32 Å². The summed E-state index contributed by atoms with van der Waals surface area (Å²) in [6, 6.07) is 15.6. The topological polar surface area (TPSA) is 67.8 Å². The van der Waals surface area contributed by atoms with Crippen LogP contribution in [0.4, 0.5) is 0 Å². The largest absolute Gasteiger partial charge is 0.467 e. The summed E-state index contributed by atoms with van der Waals surface area (Å²) in [5.74, 6) is -0.297. The monoisotopic (exact) mass is 487 g/mol. The van der Waals surface area contributed by atoms with Gasteiger partial charge in [0, 0.05) is 17.0 Å². The Morgan fingerprint density at radius 1 is 1.19 bits per heavy atom. The summed E-state index contributed by atoms with van der Waals surface area (Å²) in [7, 11) is 3.21. The number of methoxy groups -OCH3 is 2. The van der Waals surface area contributed by atoms with E-state index in [9.17, 15) is 9.90 Å². The first kappa shape index (κ1) is 22.5. The molecule has 31 heavy (non-hydrogen) atoms. The highest BCUT2D eigenvalue weighted by Crippen LogP contribution is 2.59. The summed E-state index contributed by atoms with van der Waals surface area (Å²) >= 11 is 3.60. The van der Waals surface area contributed by atoms with E-state index in [0.29, 0.717) is 0 Å². The van der Waals surface area contributed by atoms with Crippen molar-refractivity contribution in [2.24, 2.45) is 5.41 Å². The van der Waals surface area contributed by atoms with Gasteiger partial charge in [0.25, 0.3) is 0 Å². The van der Waals surface area contributed by atoms with Crippen LogP contribution < -0.4 is 5.32 Å². The molecule has 0 bridgehead atoms. The van der Waals surface area contributed by atoms with Crippen molar-refractivity contribution in [2.75, 3.05) is 20.8 Å². The highest BCUT2D eigenvalue weighted by Gasteiger charge is 2.64. The van der Waals surface area contributed by atoms with Crippen molar-refractivity contribution in [3.8, 4) is 0 Å². The highest BCUT2D eigenvalue weighted by atomic mass is 79.9. The minimum atomic E-state index is -1.05. The predicted molar refractivity (Wildman–Crippen MR) is 123 cm³/mol. The van der Waals surface area contributed by atoms with Gasteiger partial charge in [-0.1, -0.05) is 52.3 Å². The fourth-order valence-electron chi connectivity index (χ4n) is 5.72. The van der Waals surface area contributed by atoms with E-state index < -0.39 is 11.6 Å². The first-order valence-corrected chi connectivity index (χ1v) is 11.6. The number of benzene rings is 2. The lowest BCUT2D eigenvalue weighted by molar-refractivity contribution is -0.159. The van der Waals surface area contributed by atoms with Crippen LogP contribution in [-0.2, 0) is 26.2 Å². The lowest BCUT2D eigenvalue weighted by atomic mass is 9.61. The van der Waals surface area contributed by atoms with Gasteiger partial charge in [-0.2, -0.15) is 0 Å². The number of halogens is 1. The Hall–Kier alpha value is -1.73. The van der Waals surface area contributed by atoms with E-state index in [1.807, 2.05) is 42.5 Å². The molecule has 0 aliphatic heterocycles. The number of carbonyl (C=O) groups excluding carboxylic acids is 1. The summed E-state index contributed by atoms with van der Waals surface area (Å²) in [5, 5.41) is 14.0. The summed E-state index contributed by atoms with van der Waals surface area (Å²) < 4.78 is 12.0. The van der Waals surface area contributed by atoms with Gasteiger partial charge in [0.2, 0.25) is 0 Å². The van der Waals surface area contributed by atoms with E-state index in [1.165, 1.54) is 7.11 Å². The van der Waals surface area contributed by atoms with Gasteiger partial charge in [-0.3, -0.25) is 5.32 Å². The molecule has 4 rings (SSSR count). The first-order valence-electron chi connectivity index (χ1n) is 10.8. The summed E-state index contributed by atoms with van der Waals surface area (Å²) in [4.78, 5) is 13.7. The van der Waals surface area contributed by atoms with Crippen LogP contribution in [0.25, 0.3) is 0 Å². The van der Waals surface area contributed by atoms with Crippen LogP contribution in [0.15, 0.2) is 53.0 Å². The Morgan fingerprint density at radius 3 is 2.52 bits per heavy atom. The molecule has 0 radical (unpaired) electrons. The molecule has 2 atom stereocenters. The molecule has 2 aromatic rings. The molecule has 2 N–H and O–H groups in total. The van der Waals surface area contributed by atoms with E-state index in [2.05, 4.69) is 27.3 Å². The van der Waals surface area contributed by atoms with Crippen molar-refractivity contribution in [3.63, 3.8) is 0 Å². The van der Waals surface area contributed by atoms with E-state index in [-0.39, 0.29) is 24.1 Å². The number of esters is 1. The normalized spacial score (nSPS) is 28.3. The van der Waals surface area contributed by atoms with Crippen LogP contribution in [0.3, 0.4) is 0 Å². The number of hydrogen-bond acceptors (Lipinski definition) is 5. The maximum absolute atomic E-state index is 13.7. The van der Waals surface area contributed by atoms with Gasteiger partial charge in [0.15, 0.2) is 0 Å². The number of aliphatic hydroxyl groups excluding tert-OH is 1. The molecular formula is C25H30BrNO4. The fourth-order valence-corrected chi connectivity index (χ4v) is 6.08. The molecule has 6 heteroatoms. The third-order valence-corrected chi connectivity index (χ3v) is 7.78. The molecule has 1 spiro atoms. The molecule has 1 fully saturated rings. The van der Waals surface area contributed by atoms with Gasteiger partial charge in [-0.25, -0.2) is 4.79 Å². The Bertz CT molecular complexity index is 926. The molecule has 2 aliphatic carbocycles. The third kappa shape index (κ3) is 3.74. The quantitative estimate of drug-likeness (QED) is 0.595. The van der Waals surface area contributed by atoms with E-state index in [4.69, 9.17) is 9.47 Å². The van der Waals surface area contributed by atoms with E-state index in [0.717, 1.165) is 53.3 Å². The number of ether oxygens (including phenoxy) is 2. The van der Waals surface area contributed by atoms with Crippen LogP contribution >= 0.6 is 15.9 Å². The lowest BCUT2D eigenvalue weighted by Gasteiger charge is -2.49. The summed E-state index contributed by atoms with van der Waals surface area (Å²) in [5.41, 5.74) is 1.64. The number of carbonyl (C=O) groups is 1. The molecule has 5 nitrogen and oxygen atoms in total. The third-order valence-electron chi connectivity index (χ3n) is 7.29. The smallest absolute Gasteiger partial charge is 0.331 e. The second-order valence-corrected chi connectivity index (χ2v) is 9.64. The van der Waals surface area contributed by atoms with Gasteiger partial charge >= 0.3 is 5.97 Å². The van der Waals surface area contributed by atoms with Crippen LogP contribution in [0, 0.1) is 5.41 Å². The molecule has 0 heterocycles. The Kier molecular flexibility index (Phi) is 6.54. The van der Waals surface area contributed by atoms with Crippen molar-refractivity contribution < 1.29 is 19.4 Å². The average molecular weight is 488 g/mol. The zero-order valence-corrected chi connectivity index (χ0v) is 19.7. The fraction of sp³-hybridized carbons (Fsp3) is 0.480. The van der Waals surface area contributed by atoms with Gasteiger partial charge < -0.3 is 14.6 Å². The summed E-state index contributed by atoms with van der Waals surface area (Å²) in [6.07, 6.45) is 4.46. The van der Waals surface area contributed by atoms with Crippen LogP contribution in [-0.4, -0.2) is 38.0 Å². The summed E-state index contributed by atoms with van der Waals surface area (Å²) in [6.45, 7) is -0.122. The predicted octanol–water partition coefficient (Wildman–Crippen LogP) is 4.27. The van der Waals surface area contributed by atoms with Crippen LogP contribution in [0.5, 0.6) is 0 Å². The van der Waals surface area contributed by atoms with Crippen molar-refractivity contribution in [2.45, 2.75) is 49.8 Å². The van der Waals surface area contributed by atoms with E-state index in [1.54, 1.807) is 7.11 Å². The second kappa shape index (κ2) is 9.02. The first-order chi connectivity index (χ1) is 15.0. The highest BCUT2D eigenvalue weighted by molar-refractivity contribution is 9.10. The maximum Gasteiger partial charge on any atom is 0.331 e. The van der Waals surface area contributed by atoms with Crippen molar-refractivity contribution in [1.29, 1.82) is 0 Å². The molecule has 0 amide bonds. The molecule has 0 saturated heterocycles. The molecule has 1 saturated carbocycles. The molecule has 1 unspecified atom stereocenters. The van der Waals surface area contributed by atoms with Gasteiger partial charge in [-0.15, -0.1) is 0 Å². The van der Waals surface area contributed by atoms with Gasteiger partial charge in [-0.05, 0) is 60.9 Å². The molecule has 0 aromatic heterocycles. The number of rotatable bonds is 6. The standard InChI is InChI=1S/C25H30BrNO4/c1-30-20-10-12-24(13-11-20)15-18-8-9-19(26)14-21(18)25(24,23(29)31-2)27-22(16-28)17-6-4-3-5-7-17/h3-9,14,20,22,27-28H,10-13,15-16H2,1-2H3/t20?,22-,24?,25?/m1/s1. The number of aliphatic hydroxyl groups is 1. The minimum absolute atomic E-state index is 0.122. The molecule has 2 aromatic carbocycles. The van der Waals surface area contributed by atoms with Gasteiger partial charge in [0.05, 0.1) is 25.9 Å². The van der Waals surface area contributed by atoms with Crippen LogP contribution in [0.2, 0.25) is 0 Å². The van der Waals surface area contributed by atoms with Gasteiger partial charge in [0.1, 0.15) is 5.54 Å². The number of hydrogen-bond donors (Lipinski definition) is 2. The average Bonchev–Trinajstić information content (AvgIpc) is 3.07. The second-order valence-electron chi connectivity index (χ2n) is 8.73. The van der Waals surface area contributed by atoms with Crippen molar-refractivity contribution >= 4 is 21.9 Å². The number of fused-ring (bicyclic) bond motifs is 1. The Balaban J connectivity index is 1.87. The molecule has 166 valence electrons. The molecule has 2 aliphatic rings.